The minimum atomic E-state index is -0.761. The highest BCUT2D eigenvalue weighted by Crippen LogP contribution is 2.39. The van der Waals surface area contributed by atoms with Gasteiger partial charge in [-0.3, -0.25) is 14.4 Å². The van der Waals surface area contributed by atoms with Gasteiger partial charge in [0.15, 0.2) is 0 Å². The molecule has 2 aromatic rings. The summed E-state index contributed by atoms with van der Waals surface area (Å²) in [5.41, 5.74) is 1.16. The van der Waals surface area contributed by atoms with E-state index in [1.165, 1.54) is 11.6 Å². The predicted octanol–water partition coefficient (Wildman–Crippen LogP) is 2.52. The summed E-state index contributed by atoms with van der Waals surface area (Å²) in [6, 6.07) is 13.2. The highest BCUT2D eigenvalue weighted by molar-refractivity contribution is 6.00. The molecule has 1 aromatic carbocycles. The quantitative estimate of drug-likeness (QED) is 0.868. The summed E-state index contributed by atoms with van der Waals surface area (Å²) in [5.74, 6) is -0.151. The van der Waals surface area contributed by atoms with Gasteiger partial charge in [-0.2, -0.15) is 0 Å². The summed E-state index contributed by atoms with van der Waals surface area (Å²) in [4.78, 5) is 44.9. The van der Waals surface area contributed by atoms with E-state index in [-0.39, 0.29) is 17.4 Å². The zero-order valence-electron chi connectivity index (χ0n) is 16.8. The topological polar surface area (TPSA) is 73.5 Å². The van der Waals surface area contributed by atoms with Gasteiger partial charge in [-0.15, -0.1) is 0 Å². The van der Waals surface area contributed by atoms with Crippen LogP contribution in [0.3, 0.4) is 0 Å². The molecule has 2 amide bonds. The molecule has 2 saturated heterocycles. The Bertz CT molecular complexity index is 969. The maximum atomic E-state index is 13.5. The van der Waals surface area contributed by atoms with Crippen molar-refractivity contribution in [1.29, 1.82) is 0 Å². The number of aromatic amines is 1. The van der Waals surface area contributed by atoms with E-state index in [9.17, 15) is 14.4 Å². The number of pyridine rings is 1. The van der Waals surface area contributed by atoms with Crippen LogP contribution in [0.15, 0.2) is 47.3 Å². The number of likely N-dealkylation sites (tertiary alicyclic amines) is 2. The predicted molar refractivity (Wildman–Crippen MR) is 111 cm³/mol. The van der Waals surface area contributed by atoms with E-state index in [0.29, 0.717) is 37.2 Å². The lowest BCUT2D eigenvalue weighted by Crippen LogP contribution is -2.61. The SMILES string of the molecule is Cc1cc(C(=O)N2CCCC23CCCN(CCc2ccccc2)C3=O)cc(=O)[nH]1. The summed E-state index contributed by atoms with van der Waals surface area (Å²) in [6.45, 7) is 3.72. The molecule has 1 unspecified atom stereocenters. The molecule has 29 heavy (non-hydrogen) atoms. The van der Waals surface area contributed by atoms with Crippen molar-refractivity contribution in [2.24, 2.45) is 0 Å². The highest BCUT2D eigenvalue weighted by atomic mass is 16.2. The molecule has 2 aliphatic rings. The molecule has 2 fully saturated rings. The average Bonchev–Trinajstić information content (AvgIpc) is 3.13. The fourth-order valence-electron chi connectivity index (χ4n) is 4.81. The van der Waals surface area contributed by atoms with Crippen LogP contribution in [0.2, 0.25) is 0 Å². The van der Waals surface area contributed by atoms with E-state index in [1.807, 2.05) is 23.1 Å². The largest absolute Gasteiger partial charge is 0.340 e. The molecule has 0 saturated carbocycles. The number of nitrogens with zero attached hydrogens (tertiary/aromatic N) is 2. The molecule has 4 rings (SSSR count). The first kappa shape index (κ1) is 19.4. The van der Waals surface area contributed by atoms with Crippen molar-refractivity contribution in [3.8, 4) is 0 Å². The van der Waals surface area contributed by atoms with E-state index in [2.05, 4.69) is 17.1 Å². The fraction of sp³-hybridized carbons (Fsp3) is 0.435. The van der Waals surface area contributed by atoms with Crippen LogP contribution < -0.4 is 5.56 Å². The van der Waals surface area contributed by atoms with Crippen molar-refractivity contribution in [2.75, 3.05) is 19.6 Å². The number of benzene rings is 1. The highest BCUT2D eigenvalue weighted by Gasteiger charge is 2.52. The lowest BCUT2D eigenvalue weighted by Gasteiger charge is -2.44. The van der Waals surface area contributed by atoms with Gasteiger partial charge in [0, 0.05) is 37.0 Å². The molecule has 0 bridgehead atoms. The van der Waals surface area contributed by atoms with Crippen LogP contribution in [0.5, 0.6) is 0 Å². The second-order valence-electron chi connectivity index (χ2n) is 8.14. The molecule has 2 aliphatic heterocycles. The number of aryl methyl sites for hydroxylation is 1. The number of carbonyl (C=O) groups excluding carboxylic acids is 2. The molecule has 1 N–H and O–H groups in total. The van der Waals surface area contributed by atoms with Crippen molar-refractivity contribution in [2.45, 2.75) is 44.6 Å². The Morgan fingerprint density at radius 3 is 2.52 bits per heavy atom. The summed E-state index contributed by atoms with van der Waals surface area (Å²) in [6.07, 6.45) is 3.90. The van der Waals surface area contributed by atoms with Gasteiger partial charge in [0.2, 0.25) is 11.5 Å². The van der Waals surface area contributed by atoms with Crippen LogP contribution in [-0.4, -0.2) is 51.8 Å². The number of amides is 2. The third kappa shape index (κ3) is 3.71. The van der Waals surface area contributed by atoms with Gasteiger partial charge in [0.05, 0.1) is 0 Å². The second-order valence-corrected chi connectivity index (χ2v) is 8.14. The minimum Gasteiger partial charge on any atom is -0.340 e. The Balaban J connectivity index is 1.55. The maximum Gasteiger partial charge on any atom is 0.255 e. The Labute approximate surface area is 170 Å². The molecule has 0 radical (unpaired) electrons. The first-order chi connectivity index (χ1) is 14.0. The van der Waals surface area contributed by atoms with Crippen molar-refractivity contribution in [1.82, 2.24) is 14.8 Å². The maximum absolute atomic E-state index is 13.5. The normalized spacial score (nSPS) is 21.8. The van der Waals surface area contributed by atoms with E-state index in [4.69, 9.17) is 0 Å². The zero-order chi connectivity index (χ0) is 20.4. The fourth-order valence-corrected chi connectivity index (χ4v) is 4.81. The van der Waals surface area contributed by atoms with Crippen LogP contribution >= 0.6 is 0 Å². The van der Waals surface area contributed by atoms with Crippen LogP contribution in [0.25, 0.3) is 0 Å². The minimum absolute atomic E-state index is 0.0621. The van der Waals surface area contributed by atoms with Gasteiger partial charge in [0.1, 0.15) is 5.54 Å². The van der Waals surface area contributed by atoms with Crippen LogP contribution in [0.1, 0.15) is 47.3 Å². The molecule has 6 heteroatoms. The molecule has 3 heterocycles. The van der Waals surface area contributed by atoms with Crippen molar-refractivity contribution >= 4 is 11.8 Å². The van der Waals surface area contributed by atoms with Crippen molar-refractivity contribution in [3.05, 3.63) is 69.6 Å². The van der Waals surface area contributed by atoms with Crippen LogP contribution in [0, 0.1) is 6.92 Å². The van der Waals surface area contributed by atoms with Crippen molar-refractivity contribution in [3.63, 3.8) is 0 Å². The Morgan fingerprint density at radius 1 is 1.07 bits per heavy atom. The standard InChI is InChI=1S/C23H27N3O3/c1-17-15-19(16-20(27)24-17)21(28)26-13-6-11-23(26)10-5-12-25(22(23)29)14-9-18-7-3-2-4-8-18/h2-4,7-8,15-16H,5-6,9-14H2,1H3,(H,24,27). The first-order valence-corrected chi connectivity index (χ1v) is 10.4. The molecule has 152 valence electrons. The summed E-state index contributed by atoms with van der Waals surface area (Å²) < 4.78 is 0. The Hall–Kier alpha value is -2.89. The number of carbonyl (C=O) groups is 2. The molecule has 1 spiro atoms. The lowest BCUT2D eigenvalue weighted by atomic mass is 9.84. The Morgan fingerprint density at radius 2 is 1.79 bits per heavy atom. The van der Waals surface area contributed by atoms with E-state index >= 15 is 0 Å². The van der Waals surface area contributed by atoms with Gasteiger partial charge in [-0.25, -0.2) is 0 Å². The summed E-state index contributed by atoms with van der Waals surface area (Å²) in [7, 11) is 0. The molecule has 6 nitrogen and oxygen atoms in total. The van der Waals surface area contributed by atoms with Gasteiger partial charge < -0.3 is 14.8 Å². The molecule has 1 atom stereocenters. The second kappa shape index (κ2) is 7.85. The van der Waals surface area contributed by atoms with Gasteiger partial charge >= 0.3 is 0 Å². The average molecular weight is 393 g/mol. The number of piperidine rings is 1. The van der Waals surface area contributed by atoms with Gasteiger partial charge in [-0.1, -0.05) is 30.3 Å². The summed E-state index contributed by atoms with van der Waals surface area (Å²) >= 11 is 0. The third-order valence-corrected chi connectivity index (χ3v) is 6.18. The number of nitrogens with one attached hydrogen (secondary N) is 1. The van der Waals surface area contributed by atoms with E-state index in [1.54, 1.807) is 17.9 Å². The van der Waals surface area contributed by atoms with Gasteiger partial charge in [0.25, 0.3) is 5.91 Å². The third-order valence-electron chi connectivity index (χ3n) is 6.18. The lowest BCUT2D eigenvalue weighted by molar-refractivity contribution is -0.145. The van der Waals surface area contributed by atoms with Crippen molar-refractivity contribution < 1.29 is 9.59 Å². The Kier molecular flexibility index (Phi) is 5.26. The summed E-state index contributed by atoms with van der Waals surface area (Å²) in [5, 5.41) is 0. The molecular weight excluding hydrogens is 366 g/mol. The number of H-pyrrole nitrogens is 1. The molecule has 0 aliphatic carbocycles. The van der Waals surface area contributed by atoms with E-state index < -0.39 is 5.54 Å². The molecule has 1 aromatic heterocycles. The number of hydrogen-bond donors (Lipinski definition) is 1. The van der Waals surface area contributed by atoms with Crippen LogP contribution in [-0.2, 0) is 11.2 Å². The first-order valence-electron chi connectivity index (χ1n) is 10.4. The number of hydrogen-bond acceptors (Lipinski definition) is 3. The monoisotopic (exact) mass is 393 g/mol. The number of aromatic nitrogens is 1. The zero-order valence-corrected chi connectivity index (χ0v) is 16.8. The number of rotatable bonds is 4. The van der Waals surface area contributed by atoms with Crippen LogP contribution in [0.4, 0.5) is 0 Å². The van der Waals surface area contributed by atoms with Gasteiger partial charge in [-0.05, 0) is 50.7 Å². The smallest absolute Gasteiger partial charge is 0.255 e. The van der Waals surface area contributed by atoms with E-state index in [0.717, 1.165) is 25.8 Å². The molecular formula is C23H27N3O3.